The molecule has 2 N–H and O–H groups in total. The molecule has 0 spiro atoms. The van der Waals surface area contributed by atoms with Gasteiger partial charge in [0.1, 0.15) is 0 Å². The number of ether oxygens (including phenoxy) is 1. The van der Waals surface area contributed by atoms with Crippen LogP contribution in [0.5, 0.6) is 0 Å². The first-order valence-corrected chi connectivity index (χ1v) is 9.84. The number of likely N-dealkylation sites (tertiary alicyclic amines) is 1. The van der Waals surface area contributed by atoms with E-state index in [-0.39, 0.29) is 18.0 Å². The van der Waals surface area contributed by atoms with Crippen LogP contribution in [0.25, 0.3) is 0 Å². The van der Waals surface area contributed by atoms with Crippen molar-refractivity contribution in [1.82, 2.24) is 14.9 Å². The van der Waals surface area contributed by atoms with Crippen molar-refractivity contribution in [3.05, 3.63) is 47.3 Å². The van der Waals surface area contributed by atoms with Crippen molar-refractivity contribution in [2.75, 3.05) is 30.3 Å². The number of amides is 2. The van der Waals surface area contributed by atoms with Crippen LogP contribution in [-0.2, 0) is 4.74 Å². The maximum absolute atomic E-state index is 12.4. The van der Waals surface area contributed by atoms with Crippen molar-refractivity contribution in [2.24, 2.45) is 0 Å². The molecule has 1 saturated heterocycles. The lowest BCUT2D eigenvalue weighted by molar-refractivity contribution is 0.0982. The van der Waals surface area contributed by atoms with Crippen LogP contribution in [0.15, 0.2) is 30.6 Å². The summed E-state index contributed by atoms with van der Waals surface area (Å²) >= 11 is 0. The second kappa shape index (κ2) is 9.36. The van der Waals surface area contributed by atoms with Gasteiger partial charge in [0.15, 0.2) is 0 Å². The van der Waals surface area contributed by atoms with Crippen molar-refractivity contribution < 1.29 is 14.3 Å². The molecule has 0 bridgehead atoms. The lowest BCUT2D eigenvalue weighted by Gasteiger charge is -2.31. The lowest BCUT2D eigenvalue weighted by Crippen LogP contribution is -2.42. The van der Waals surface area contributed by atoms with Crippen molar-refractivity contribution in [3.8, 4) is 0 Å². The smallest absolute Gasteiger partial charge is 0.409 e. The number of hydrogen-bond acceptors (Lipinski definition) is 6. The van der Waals surface area contributed by atoms with Crippen LogP contribution in [0.3, 0.4) is 0 Å². The van der Waals surface area contributed by atoms with E-state index < -0.39 is 0 Å². The Kier molecular flexibility index (Phi) is 6.64. The zero-order chi connectivity index (χ0) is 20.8. The molecule has 0 aliphatic carbocycles. The Morgan fingerprint density at radius 2 is 1.72 bits per heavy atom. The summed E-state index contributed by atoms with van der Waals surface area (Å²) in [7, 11) is 0. The highest BCUT2D eigenvalue weighted by Crippen LogP contribution is 2.17. The van der Waals surface area contributed by atoms with Crippen molar-refractivity contribution in [1.29, 1.82) is 0 Å². The van der Waals surface area contributed by atoms with E-state index in [2.05, 4.69) is 26.7 Å². The number of carbonyl (C=O) groups is 2. The number of rotatable bonds is 5. The number of hydrogen-bond donors (Lipinski definition) is 2. The number of piperidine rings is 1. The lowest BCUT2D eigenvalue weighted by atomic mass is 10.1. The minimum atomic E-state index is -0.263. The van der Waals surface area contributed by atoms with Crippen LogP contribution in [-0.4, -0.2) is 52.6 Å². The second-order valence-corrected chi connectivity index (χ2v) is 7.23. The Morgan fingerprint density at radius 3 is 2.31 bits per heavy atom. The maximum atomic E-state index is 12.4. The molecule has 1 aromatic carbocycles. The van der Waals surface area contributed by atoms with Crippen molar-refractivity contribution >= 4 is 23.6 Å². The van der Waals surface area contributed by atoms with Gasteiger partial charge in [0.2, 0.25) is 5.95 Å². The molecule has 0 radical (unpaired) electrons. The summed E-state index contributed by atoms with van der Waals surface area (Å²) in [4.78, 5) is 34.4. The Hall–Kier alpha value is -3.16. The standard InChI is InChI=1S/C21H27N5O3/c1-4-29-21(28)26-7-5-17(6-8-26)25-20-22-12-16(13-23-20)19(27)24-18-10-14(2)9-15(3)11-18/h9-13,17H,4-8H2,1-3H3,(H,24,27)(H,22,23,25). The summed E-state index contributed by atoms with van der Waals surface area (Å²) in [6, 6.07) is 6.07. The first-order chi connectivity index (χ1) is 13.9. The number of carbonyl (C=O) groups excluding carboxylic acids is 2. The fourth-order valence-electron chi connectivity index (χ4n) is 3.37. The summed E-state index contributed by atoms with van der Waals surface area (Å²) in [5, 5.41) is 6.15. The molecule has 2 amide bonds. The molecule has 0 unspecified atom stereocenters. The number of aromatic nitrogens is 2. The predicted octanol–water partition coefficient (Wildman–Crippen LogP) is 3.38. The van der Waals surface area contributed by atoms with Gasteiger partial charge in [-0.25, -0.2) is 14.8 Å². The van der Waals surface area contributed by atoms with Crippen LogP contribution in [0.4, 0.5) is 16.4 Å². The van der Waals surface area contributed by atoms with Gasteiger partial charge in [-0.15, -0.1) is 0 Å². The summed E-state index contributed by atoms with van der Waals surface area (Å²) in [5.74, 6) is 0.229. The van der Waals surface area contributed by atoms with Crippen molar-refractivity contribution in [3.63, 3.8) is 0 Å². The summed E-state index contributed by atoms with van der Waals surface area (Å²) < 4.78 is 5.03. The molecule has 2 aromatic rings. The third kappa shape index (κ3) is 5.66. The highest BCUT2D eigenvalue weighted by molar-refractivity contribution is 6.04. The van der Waals surface area contributed by atoms with E-state index in [4.69, 9.17) is 4.74 Å². The summed E-state index contributed by atoms with van der Waals surface area (Å²) in [5.41, 5.74) is 3.32. The van der Waals surface area contributed by atoms with E-state index in [1.165, 1.54) is 12.4 Å². The number of anilines is 2. The first kappa shape index (κ1) is 20.6. The topological polar surface area (TPSA) is 96.5 Å². The minimum Gasteiger partial charge on any atom is -0.450 e. The zero-order valence-corrected chi connectivity index (χ0v) is 17.1. The van der Waals surface area contributed by atoms with Crippen LogP contribution < -0.4 is 10.6 Å². The SMILES string of the molecule is CCOC(=O)N1CCC(Nc2ncc(C(=O)Nc3cc(C)cc(C)c3)cn2)CC1. The number of aryl methyl sites for hydroxylation is 2. The monoisotopic (exact) mass is 397 g/mol. The van der Waals surface area contributed by atoms with E-state index in [9.17, 15) is 9.59 Å². The molecule has 154 valence electrons. The molecule has 0 saturated carbocycles. The second-order valence-electron chi connectivity index (χ2n) is 7.23. The van der Waals surface area contributed by atoms with Gasteiger partial charge in [-0.3, -0.25) is 4.79 Å². The molecule has 1 aromatic heterocycles. The summed E-state index contributed by atoms with van der Waals surface area (Å²) in [6.07, 6.45) is 4.34. The molecule has 8 nitrogen and oxygen atoms in total. The fraction of sp³-hybridized carbons (Fsp3) is 0.429. The van der Waals surface area contributed by atoms with Crippen LogP contribution >= 0.6 is 0 Å². The minimum absolute atomic E-state index is 0.177. The quantitative estimate of drug-likeness (QED) is 0.803. The van der Waals surface area contributed by atoms with Gasteiger partial charge < -0.3 is 20.3 Å². The van der Waals surface area contributed by atoms with Gasteiger partial charge in [-0.2, -0.15) is 0 Å². The normalized spacial score (nSPS) is 14.4. The molecular weight excluding hydrogens is 370 g/mol. The number of nitrogens with one attached hydrogen (secondary N) is 2. The molecule has 1 aliphatic rings. The molecule has 1 aliphatic heterocycles. The molecule has 3 rings (SSSR count). The number of nitrogens with zero attached hydrogens (tertiary/aromatic N) is 3. The molecule has 8 heteroatoms. The molecule has 1 fully saturated rings. The third-order valence-electron chi connectivity index (χ3n) is 4.75. The van der Waals surface area contributed by atoms with E-state index in [1.807, 2.05) is 26.0 Å². The Morgan fingerprint density at radius 1 is 1.10 bits per heavy atom. The molecule has 29 heavy (non-hydrogen) atoms. The number of benzene rings is 1. The Balaban J connectivity index is 1.52. The van der Waals surface area contributed by atoms with E-state index in [1.54, 1.807) is 11.8 Å². The van der Waals surface area contributed by atoms with Crippen LogP contribution in [0, 0.1) is 13.8 Å². The van der Waals surface area contributed by atoms with Gasteiger partial charge in [0.25, 0.3) is 5.91 Å². The van der Waals surface area contributed by atoms with Gasteiger partial charge in [-0.1, -0.05) is 6.07 Å². The van der Waals surface area contributed by atoms with E-state index in [0.717, 1.165) is 29.7 Å². The van der Waals surface area contributed by atoms with Gasteiger partial charge in [-0.05, 0) is 56.9 Å². The molecule has 2 heterocycles. The third-order valence-corrected chi connectivity index (χ3v) is 4.75. The molecule has 0 atom stereocenters. The average molecular weight is 397 g/mol. The van der Waals surface area contributed by atoms with E-state index >= 15 is 0 Å². The predicted molar refractivity (Wildman–Crippen MR) is 111 cm³/mol. The van der Waals surface area contributed by atoms with Gasteiger partial charge in [0, 0.05) is 37.2 Å². The van der Waals surface area contributed by atoms with Gasteiger partial charge >= 0.3 is 6.09 Å². The van der Waals surface area contributed by atoms with Crippen LogP contribution in [0.2, 0.25) is 0 Å². The Labute approximate surface area is 170 Å². The fourth-order valence-corrected chi connectivity index (χ4v) is 3.37. The maximum Gasteiger partial charge on any atom is 0.409 e. The average Bonchev–Trinajstić information content (AvgIpc) is 2.68. The first-order valence-electron chi connectivity index (χ1n) is 9.84. The highest BCUT2D eigenvalue weighted by Gasteiger charge is 2.24. The highest BCUT2D eigenvalue weighted by atomic mass is 16.6. The Bertz CT molecular complexity index is 841. The molecular formula is C21H27N5O3. The van der Waals surface area contributed by atoms with E-state index in [0.29, 0.717) is 31.2 Å². The van der Waals surface area contributed by atoms with Crippen molar-refractivity contribution in [2.45, 2.75) is 39.7 Å². The largest absolute Gasteiger partial charge is 0.450 e. The van der Waals surface area contributed by atoms with Gasteiger partial charge in [0.05, 0.1) is 12.2 Å². The zero-order valence-electron chi connectivity index (χ0n) is 17.1. The van der Waals surface area contributed by atoms with Crippen LogP contribution in [0.1, 0.15) is 41.3 Å². The summed E-state index contributed by atoms with van der Waals surface area (Å²) in [6.45, 7) is 7.43.